The first-order chi connectivity index (χ1) is 28.7. The van der Waals surface area contributed by atoms with Gasteiger partial charge in [-0.15, -0.1) is 0 Å². The molecule has 59 heavy (non-hydrogen) atoms. The summed E-state index contributed by atoms with van der Waals surface area (Å²) in [5.41, 5.74) is 3.64. The van der Waals surface area contributed by atoms with Crippen molar-refractivity contribution >= 4 is 67.0 Å². The number of Topliss-reactive ketones (excluding diaryl/α,β-unsaturated/α-hetero) is 1. The van der Waals surface area contributed by atoms with Crippen LogP contribution in [0.5, 0.6) is 0 Å². The Kier molecular flexibility index (Phi) is 11.3. The third kappa shape index (κ3) is 8.05. The number of rotatable bonds is 14. The molecule has 8 aromatic rings. The first kappa shape index (κ1) is 39.1. The number of amides is 2. The van der Waals surface area contributed by atoms with E-state index in [2.05, 4.69) is 6.29 Å². The van der Waals surface area contributed by atoms with E-state index in [1.807, 2.05) is 170 Å². The predicted molar refractivity (Wildman–Crippen MR) is 237 cm³/mol. The van der Waals surface area contributed by atoms with Gasteiger partial charge in [0.05, 0.1) is 13.0 Å². The highest BCUT2D eigenvalue weighted by Gasteiger charge is 2.43. The Balaban J connectivity index is 1.25. The van der Waals surface area contributed by atoms with Crippen LogP contribution in [0.3, 0.4) is 0 Å². The Morgan fingerprint density at radius 3 is 1.31 bits per heavy atom. The summed E-state index contributed by atoms with van der Waals surface area (Å²) in [5, 5.41) is 8.05. The summed E-state index contributed by atoms with van der Waals surface area (Å²) in [7, 11) is 0. The minimum atomic E-state index is -1.34. The zero-order valence-corrected chi connectivity index (χ0v) is 33.4. The first-order valence-corrected chi connectivity index (χ1v) is 20.2. The molecule has 0 saturated carbocycles. The number of carbonyl (C=O) groups is 3. The average molecular weight is 775 g/mol. The topological polar surface area (TPSA) is 71.5 Å². The molecule has 0 aromatic heterocycles. The minimum absolute atomic E-state index is 0.129. The monoisotopic (exact) mass is 774 g/mol. The Morgan fingerprint density at radius 1 is 0.508 bits per heavy atom. The van der Waals surface area contributed by atoms with E-state index in [9.17, 15) is 14.4 Å². The Hall–Kier alpha value is -6.76. The summed E-state index contributed by atoms with van der Waals surface area (Å²) in [6.45, 7) is 3.54. The summed E-state index contributed by atoms with van der Waals surface area (Å²) in [5.74, 6) is -2.25. The molecule has 2 amide bonds. The summed E-state index contributed by atoms with van der Waals surface area (Å²) in [6.07, 6.45) is 2.32. The van der Waals surface area contributed by atoms with Gasteiger partial charge < -0.3 is 4.90 Å². The van der Waals surface area contributed by atoms with Gasteiger partial charge in [-0.1, -0.05) is 170 Å². The number of hydrogen-bond donors (Lipinski definition) is 0. The van der Waals surface area contributed by atoms with Crippen LogP contribution in [0.4, 0.5) is 0 Å². The molecule has 2 atom stereocenters. The summed E-state index contributed by atoms with van der Waals surface area (Å²) in [4.78, 5) is 59.0. The van der Waals surface area contributed by atoms with Crippen molar-refractivity contribution in [2.45, 2.75) is 45.9 Å². The first-order valence-electron chi connectivity index (χ1n) is 20.2. The van der Waals surface area contributed by atoms with Crippen molar-refractivity contribution in [3.8, 4) is 0 Å². The minimum Gasteiger partial charge on any atom is -0.328 e. The third-order valence-corrected chi connectivity index (χ3v) is 12.0. The lowest BCUT2D eigenvalue weighted by Crippen LogP contribution is -2.56. The summed E-state index contributed by atoms with van der Waals surface area (Å²) < 4.78 is -0.210. The summed E-state index contributed by atoms with van der Waals surface area (Å²) >= 11 is 0. The molecule has 0 spiro atoms. The number of quaternary nitrogens is 1. The maximum Gasteiger partial charge on any atom is 0.311 e. The zero-order chi connectivity index (χ0) is 40.9. The molecule has 0 saturated heterocycles. The van der Waals surface area contributed by atoms with Crippen molar-refractivity contribution in [2.24, 2.45) is 5.92 Å². The van der Waals surface area contributed by atoms with Gasteiger partial charge in [-0.05, 0) is 54.2 Å². The SMILES string of the molecule is CC(=O)N(Cc1cccc2ccccc12)C(Cc1cccc2ccccc12)C(=O)C([C]=O)C[N+](Cc1cccc2ccccc12)(Cc1cccc2ccccc12)C(C)=O. The van der Waals surface area contributed by atoms with Crippen LogP contribution in [0.15, 0.2) is 170 Å². The maximum absolute atomic E-state index is 15.5. The Morgan fingerprint density at radius 2 is 0.881 bits per heavy atom. The van der Waals surface area contributed by atoms with E-state index >= 15 is 4.79 Å². The van der Waals surface area contributed by atoms with Crippen molar-refractivity contribution in [1.29, 1.82) is 0 Å². The van der Waals surface area contributed by atoms with Crippen LogP contribution in [0, 0.1) is 5.92 Å². The average Bonchev–Trinajstić information content (AvgIpc) is 3.26. The van der Waals surface area contributed by atoms with E-state index in [1.54, 1.807) is 11.8 Å². The van der Waals surface area contributed by atoms with Gasteiger partial charge in [-0.2, -0.15) is 0 Å². The molecule has 0 aliphatic carbocycles. The smallest absolute Gasteiger partial charge is 0.311 e. The van der Waals surface area contributed by atoms with Crippen molar-refractivity contribution in [3.63, 3.8) is 0 Å². The molecule has 6 nitrogen and oxygen atoms in total. The summed E-state index contributed by atoms with van der Waals surface area (Å²) in [6, 6.07) is 55.1. The highest BCUT2D eigenvalue weighted by Crippen LogP contribution is 2.32. The molecule has 8 rings (SSSR count). The van der Waals surface area contributed by atoms with Crippen LogP contribution in [-0.4, -0.2) is 45.9 Å². The van der Waals surface area contributed by atoms with Gasteiger partial charge in [0, 0.05) is 31.0 Å². The number of benzene rings is 8. The fourth-order valence-corrected chi connectivity index (χ4v) is 8.91. The molecule has 6 heteroatoms. The van der Waals surface area contributed by atoms with Crippen LogP contribution >= 0.6 is 0 Å². The molecule has 0 aliphatic heterocycles. The van der Waals surface area contributed by atoms with Crippen LogP contribution in [-0.2, 0) is 45.2 Å². The molecule has 8 aromatic carbocycles. The van der Waals surface area contributed by atoms with E-state index in [0.717, 1.165) is 65.3 Å². The van der Waals surface area contributed by atoms with E-state index in [4.69, 9.17) is 0 Å². The maximum atomic E-state index is 15.5. The molecule has 291 valence electrons. The molecular formula is C53H46N2O4+. The second-order valence-electron chi connectivity index (χ2n) is 15.7. The van der Waals surface area contributed by atoms with Gasteiger partial charge in [0.2, 0.25) is 12.2 Å². The van der Waals surface area contributed by atoms with Crippen LogP contribution in [0.25, 0.3) is 43.1 Å². The van der Waals surface area contributed by atoms with E-state index in [0.29, 0.717) is 0 Å². The molecule has 2 unspecified atom stereocenters. The largest absolute Gasteiger partial charge is 0.328 e. The molecule has 0 heterocycles. The van der Waals surface area contributed by atoms with Crippen molar-refractivity contribution in [2.75, 3.05) is 6.54 Å². The van der Waals surface area contributed by atoms with Gasteiger partial charge in [-0.25, -0.2) is 4.79 Å². The molecule has 0 aliphatic rings. The van der Waals surface area contributed by atoms with Gasteiger partial charge in [0.1, 0.15) is 25.6 Å². The quantitative estimate of drug-likeness (QED) is 0.0815. The van der Waals surface area contributed by atoms with Crippen molar-refractivity contribution in [3.05, 3.63) is 192 Å². The molecule has 1 radical (unpaired) electrons. The molecule has 0 N–H and O–H groups in total. The molecular weight excluding hydrogens is 729 g/mol. The standard InChI is InChI=1S/C53H46N2O4/c1-37(57)54(32-44-24-12-20-40-16-4-8-28-49(40)44)52(31-43-23-11-19-39-15-3-7-27-48(39)43)53(59)47(36-56)35-55(38(2)58,33-45-25-13-21-41-17-5-9-29-50(41)45)34-46-26-14-22-42-18-6-10-30-51(42)46/h3-30,47,52H,31-35H2,1-2H3/q+1. The lowest BCUT2D eigenvalue weighted by molar-refractivity contribution is -0.881. The van der Waals surface area contributed by atoms with Crippen LogP contribution in [0.1, 0.15) is 36.1 Å². The van der Waals surface area contributed by atoms with Gasteiger partial charge in [-0.3, -0.25) is 18.9 Å². The molecule has 0 fully saturated rings. The number of ketones is 1. The van der Waals surface area contributed by atoms with Crippen LogP contribution in [0.2, 0.25) is 0 Å². The number of fused-ring (bicyclic) bond motifs is 4. The molecule has 0 bridgehead atoms. The van der Waals surface area contributed by atoms with E-state index in [-0.39, 0.29) is 48.9 Å². The number of hydrogen-bond acceptors (Lipinski definition) is 4. The highest BCUT2D eigenvalue weighted by molar-refractivity contribution is 6.00. The fourth-order valence-electron chi connectivity index (χ4n) is 8.91. The predicted octanol–water partition coefficient (Wildman–Crippen LogP) is 10.3. The lowest BCUT2D eigenvalue weighted by atomic mass is 9.89. The second kappa shape index (κ2) is 17.0. The van der Waals surface area contributed by atoms with E-state index < -0.39 is 17.7 Å². The van der Waals surface area contributed by atoms with Crippen molar-refractivity contribution in [1.82, 2.24) is 4.90 Å². The fraction of sp³-hybridized carbons (Fsp3) is 0.170. The van der Waals surface area contributed by atoms with E-state index in [1.165, 1.54) is 6.92 Å². The Labute approximate surface area is 344 Å². The second-order valence-corrected chi connectivity index (χ2v) is 15.7. The third-order valence-electron chi connectivity index (χ3n) is 12.0. The Bertz CT molecular complexity index is 2760. The normalized spacial score (nSPS) is 12.7. The van der Waals surface area contributed by atoms with Gasteiger partial charge in [0.15, 0.2) is 5.78 Å². The van der Waals surface area contributed by atoms with Crippen LogP contribution < -0.4 is 0 Å². The van der Waals surface area contributed by atoms with Gasteiger partial charge in [0.25, 0.3) is 0 Å². The van der Waals surface area contributed by atoms with Gasteiger partial charge >= 0.3 is 5.91 Å². The number of nitrogens with zero attached hydrogens (tertiary/aromatic N) is 2. The van der Waals surface area contributed by atoms with Crippen molar-refractivity contribution < 1.29 is 23.7 Å². The zero-order valence-electron chi connectivity index (χ0n) is 33.4. The highest BCUT2D eigenvalue weighted by atomic mass is 16.2. The number of carbonyl (C=O) groups excluding carboxylic acids is 4. The lowest BCUT2D eigenvalue weighted by Gasteiger charge is -2.38.